The molecule has 3 rings (SSSR count). The first kappa shape index (κ1) is 22.0. The predicted octanol–water partition coefficient (Wildman–Crippen LogP) is 5.69. The van der Waals surface area contributed by atoms with Crippen LogP contribution in [0.4, 0.5) is 17.2 Å². The minimum absolute atomic E-state index is 0.0398. The molecule has 0 amide bonds. The van der Waals surface area contributed by atoms with Gasteiger partial charge in [0.05, 0.1) is 6.20 Å². The second-order valence-corrected chi connectivity index (χ2v) is 7.79. The van der Waals surface area contributed by atoms with Crippen molar-refractivity contribution in [2.75, 3.05) is 25.4 Å². The first-order valence-corrected chi connectivity index (χ1v) is 10.8. The number of fused-ring (bicyclic) bond motifs is 1. The van der Waals surface area contributed by atoms with Crippen LogP contribution in [0.2, 0.25) is 0 Å². The Morgan fingerprint density at radius 2 is 1.90 bits per heavy atom. The standard InChI is InChI=1S/C22H25BrN6O/c1-3-29(4-2)11-5-6-20(30)19-10-9-17(14-25-19)27-28-21-18-12-16(23)8-7-15(18)13-26-22(21)24/h7-10,12-14H,3-6,11H2,1-2H3,(H2,24,26). The van der Waals surface area contributed by atoms with Crippen LogP contribution in [0.15, 0.2) is 57.4 Å². The Labute approximate surface area is 184 Å². The van der Waals surface area contributed by atoms with Crippen molar-refractivity contribution in [1.82, 2.24) is 14.9 Å². The van der Waals surface area contributed by atoms with Gasteiger partial charge in [0.15, 0.2) is 11.6 Å². The number of nitrogens with two attached hydrogens (primary N) is 1. The number of hydrogen-bond acceptors (Lipinski definition) is 7. The van der Waals surface area contributed by atoms with E-state index < -0.39 is 0 Å². The number of rotatable bonds is 9. The van der Waals surface area contributed by atoms with Gasteiger partial charge in [0.2, 0.25) is 0 Å². The summed E-state index contributed by atoms with van der Waals surface area (Å²) < 4.78 is 0.919. The Bertz CT molecular complexity index is 1040. The number of nitrogens with zero attached hydrogens (tertiary/aromatic N) is 5. The molecule has 7 nitrogen and oxygen atoms in total. The fourth-order valence-electron chi connectivity index (χ4n) is 3.14. The van der Waals surface area contributed by atoms with Crippen molar-refractivity contribution in [2.45, 2.75) is 26.7 Å². The summed E-state index contributed by atoms with van der Waals surface area (Å²) in [6.07, 6.45) is 4.56. The molecule has 156 valence electrons. The maximum Gasteiger partial charge on any atom is 0.181 e. The third-order valence-corrected chi connectivity index (χ3v) is 5.42. The molecule has 2 aromatic heterocycles. The summed E-state index contributed by atoms with van der Waals surface area (Å²) in [7, 11) is 0. The van der Waals surface area contributed by atoms with Crippen LogP contribution in [0.3, 0.4) is 0 Å². The number of carbonyl (C=O) groups excluding carboxylic acids is 1. The summed E-state index contributed by atoms with van der Waals surface area (Å²) in [5.74, 6) is 0.343. The normalized spacial score (nSPS) is 11.6. The lowest BCUT2D eigenvalue weighted by molar-refractivity contribution is 0.0970. The van der Waals surface area contributed by atoms with Gasteiger partial charge in [0, 0.05) is 27.9 Å². The van der Waals surface area contributed by atoms with Gasteiger partial charge in [0.1, 0.15) is 17.1 Å². The monoisotopic (exact) mass is 468 g/mol. The summed E-state index contributed by atoms with van der Waals surface area (Å²) in [6.45, 7) is 7.16. The van der Waals surface area contributed by atoms with E-state index in [9.17, 15) is 4.79 Å². The largest absolute Gasteiger partial charge is 0.382 e. The molecule has 0 saturated carbocycles. The summed E-state index contributed by atoms with van der Waals surface area (Å²) >= 11 is 3.46. The zero-order chi connectivity index (χ0) is 21.5. The van der Waals surface area contributed by atoms with E-state index in [4.69, 9.17) is 5.73 Å². The molecule has 0 aliphatic rings. The molecule has 8 heteroatoms. The molecule has 0 spiro atoms. The van der Waals surface area contributed by atoms with Gasteiger partial charge in [-0.15, -0.1) is 10.2 Å². The highest BCUT2D eigenvalue weighted by Crippen LogP contribution is 2.33. The highest BCUT2D eigenvalue weighted by Gasteiger charge is 2.10. The number of benzene rings is 1. The first-order chi connectivity index (χ1) is 14.5. The quantitative estimate of drug-likeness (QED) is 0.321. The second-order valence-electron chi connectivity index (χ2n) is 6.88. The molecule has 3 aromatic rings. The number of halogens is 1. The Kier molecular flexibility index (Phi) is 7.59. The average molecular weight is 469 g/mol. The van der Waals surface area contributed by atoms with Crippen LogP contribution < -0.4 is 5.73 Å². The van der Waals surface area contributed by atoms with Gasteiger partial charge in [-0.1, -0.05) is 35.8 Å². The van der Waals surface area contributed by atoms with E-state index in [0.717, 1.165) is 41.3 Å². The molecule has 0 atom stereocenters. The van der Waals surface area contributed by atoms with Crippen molar-refractivity contribution in [2.24, 2.45) is 10.2 Å². The van der Waals surface area contributed by atoms with Crippen LogP contribution in [0.25, 0.3) is 10.8 Å². The van der Waals surface area contributed by atoms with Crippen LogP contribution in [-0.2, 0) is 0 Å². The van der Waals surface area contributed by atoms with Gasteiger partial charge in [-0.05, 0) is 50.3 Å². The van der Waals surface area contributed by atoms with Crippen LogP contribution in [-0.4, -0.2) is 40.3 Å². The zero-order valence-corrected chi connectivity index (χ0v) is 18.8. The molecular formula is C22H25BrN6O. The second kappa shape index (κ2) is 10.4. The van der Waals surface area contributed by atoms with Gasteiger partial charge < -0.3 is 10.6 Å². The molecule has 30 heavy (non-hydrogen) atoms. The van der Waals surface area contributed by atoms with E-state index in [1.807, 2.05) is 18.2 Å². The molecule has 2 N–H and O–H groups in total. The van der Waals surface area contributed by atoms with Gasteiger partial charge in [0.25, 0.3) is 0 Å². The van der Waals surface area contributed by atoms with Gasteiger partial charge in [-0.3, -0.25) is 9.78 Å². The number of nitrogen functional groups attached to an aromatic ring is 1. The number of aromatic nitrogens is 2. The number of pyridine rings is 2. The topological polar surface area (TPSA) is 96.8 Å². The lowest BCUT2D eigenvalue weighted by Crippen LogP contribution is -2.24. The molecule has 0 unspecified atom stereocenters. The molecule has 1 aromatic carbocycles. The Hall–Kier alpha value is -2.71. The van der Waals surface area contributed by atoms with E-state index in [0.29, 0.717) is 29.3 Å². The highest BCUT2D eigenvalue weighted by atomic mass is 79.9. The lowest BCUT2D eigenvalue weighted by Gasteiger charge is -2.17. The van der Waals surface area contributed by atoms with Crippen LogP contribution in [0, 0.1) is 0 Å². The van der Waals surface area contributed by atoms with Gasteiger partial charge in [-0.2, -0.15) is 0 Å². The molecule has 0 fully saturated rings. The van der Waals surface area contributed by atoms with Crippen LogP contribution in [0.5, 0.6) is 0 Å². The maximum absolute atomic E-state index is 12.4. The number of azo groups is 1. The fourth-order valence-corrected chi connectivity index (χ4v) is 3.50. The minimum atomic E-state index is 0.0398. The Morgan fingerprint density at radius 3 is 2.60 bits per heavy atom. The molecule has 0 aliphatic carbocycles. The van der Waals surface area contributed by atoms with Gasteiger partial charge in [-0.25, -0.2) is 4.98 Å². The number of hydrogen-bond donors (Lipinski definition) is 1. The first-order valence-electron chi connectivity index (χ1n) is 9.99. The van der Waals surface area contributed by atoms with Crippen molar-refractivity contribution in [3.8, 4) is 0 Å². The predicted molar refractivity (Wildman–Crippen MR) is 124 cm³/mol. The fraction of sp³-hybridized carbons (Fsp3) is 0.318. The van der Waals surface area contributed by atoms with Crippen LogP contribution in [0.1, 0.15) is 37.2 Å². The number of anilines is 1. The van der Waals surface area contributed by atoms with E-state index in [1.54, 1.807) is 24.5 Å². The van der Waals surface area contributed by atoms with Crippen LogP contribution >= 0.6 is 15.9 Å². The number of carbonyl (C=O) groups is 1. The highest BCUT2D eigenvalue weighted by molar-refractivity contribution is 9.10. The Morgan fingerprint density at radius 1 is 1.10 bits per heavy atom. The van der Waals surface area contributed by atoms with Crippen molar-refractivity contribution in [3.63, 3.8) is 0 Å². The van der Waals surface area contributed by atoms with E-state index >= 15 is 0 Å². The molecule has 2 heterocycles. The average Bonchev–Trinajstić information content (AvgIpc) is 2.76. The number of ketones is 1. The van der Waals surface area contributed by atoms with Gasteiger partial charge >= 0.3 is 0 Å². The number of Topliss-reactive ketones (excluding diaryl/α,β-unsaturated/α-hetero) is 1. The van der Waals surface area contributed by atoms with E-state index in [2.05, 4.69) is 54.9 Å². The van der Waals surface area contributed by atoms with Crippen molar-refractivity contribution >= 4 is 49.7 Å². The molecule has 0 saturated heterocycles. The Balaban J connectivity index is 1.70. The maximum atomic E-state index is 12.4. The molecule has 0 aliphatic heterocycles. The minimum Gasteiger partial charge on any atom is -0.382 e. The summed E-state index contributed by atoms with van der Waals surface area (Å²) in [4.78, 5) is 23.1. The summed E-state index contributed by atoms with van der Waals surface area (Å²) in [5, 5.41) is 10.3. The SMILES string of the molecule is CCN(CC)CCCC(=O)c1ccc(N=Nc2c(N)ncc3ccc(Br)cc23)cn1. The smallest absolute Gasteiger partial charge is 0.181 e. The zero-order valence-electron chi connectivity index (χ0n) is 17.2. The molecule has 0 radical (unpaired) electrons. The summed E-state index contributed by atoms with van der Waals surface area (Å²) in [6, 6.07) is 9.23. The third-order valence-electron chi connectivity index (χ3n) is 4.93. The van der Waals surface area contributed by atoms with Crippen molar-refractivity contribution < 1.29 is 4.79 Å². The van der Waals surface area contributed by atoms with Crippen molar-refractivity contribution in [3.05, 3.63) is 52.9 Å². The molecular weight excluding hydrogens is 444 g/mol. The third kappa shape index (κ3) is 5.46. The van der Waals surface area contributed by atoms with E-state index in [-0.39, 0.29) is 5.78 Å². The molecule has 0 bridgehead atoms. The van der Waals surface area contributed by atoms with Crippen molar-refractivity contribution in [1.29, 1.82) is 0 Å². The summed E-state index contributed by atoms with van der Waals surface area (Å²) in [5.41, 5.74) is 7.50. The van der Waals surface area contributed by atoms with E-state index in [1.165, 1.54) is 0 Å². The lowest BCUT2D eigenvalue weighted by atomic mass is 10.1.